The first-order chi connectivity index (χ1) is 9.60. The number of benzene rings is 1. The monoisotopic (exact) mass is 290 g/mol. The van der Waals surface area contributed by atoms with Gasteiger partial charge >= 0.3 is 0 Å². The van der Waals surface area contributed by atoms with Gasteiger partial charge in [-0.05, 0) is 38.8 Å². The Bertz CT molecular complexity index is 553. The second-order valence-electron chi connectivity index (χ2n) is 5.11. The van der Waals surface area contributed by atoms with Crippen LogP contribution in [0.3, 0.4) is 0 Å². The van der Waals surface area contributed by atoms with Gasteiger partial charge in [0, 0.05) is 17.1 Å². The van der Waals surface area contributed by atoms with E-state index in [9.17, 15) is 0 Å². The topological polar surface area (TPSA) is 34.1 Å². The van der Waals surface area contributed by atoms with Gasteiger partial charge in [-0.15, -0.1) is 11.3 Å². The van der Waals surface area contributed by atoms with Crippen molar-refractivity contribution in [2.45, 2.75) is 39.3 Å². The third kappa shape index (κ3) is 3.81. The van der Waals surface area contributed by atoms with Gasteiger partial charge in [-0.3, -0.25) is 0 Å². The molecule has 0 amide bonds. The van der Waals surface area contributed by atoms with E-state index < -0.39 is 0 Å². The zero-order chi connectivity index (χ0) is 14.5. The van der Waals surface area contributed by atoms with Crippen molar-refractivity contribution in [2.24, 2.45) is 0 Å². The maximum Gasteiger partial charge on any atom is 0.122 e. The molecule has 0 radical (unpaired) electrons. The molecule has 0 aliphatic heterocycles. The molecule has 2 aromatic rings. The van der Waals surface area contributed by atoms with Crippen LogP contribution < -0.4 is 10.1 Å². The lowest BCUT2D eigenvalue weighted by Gasteiger charge is -2.19. The molecule has 0 saturated heterocycles. The van der Waals surface area contributed by atoms with Gasteiger partial charge in [-0.25, -0.2) is 4.98 Å². The molecule has 1 N–H and O–H groups in total. The van der Waals surface area contributed by atoms with Gasteiger partial charge in [0.2, 0.25) is 0 Å². The summed E-state index contributed by atoms with van der Waals surface area (Å²) in [5.41, 5.74) is 1.23. The molecule has 0 fully saturated rings. The highest BCUT2D eigenvalue weighted by Crippen LogP contribution is 2.22. The summed E-state index contributed by atoms with van der Waals surface area (Å²) in [6.45, 7) is 6.45. The molecule has 0 aliphatic rings. The minimum absolute atomic E-state index is 0.276. The van der Waals surface area contributed by atoms with Gasteiger partial charge in [0.15, 0.2) is 0 Å². The Morgan fingerprint density at radius 2 is 2.05 bits per heavy atom. The second-order valence-corrected chi connectivity index (χ2v) is 6.38. The molecule has 108 valence electrons. The van der Waals surface area contributed by atoms with Crippen molar-refractivity contribution in [3.8, 4) is 5.75 Å². The van der Waals surface area contributed by atoms with Crippen LogP contribution in [0.15, 0.2) is 30.5 Å². The number of hydrogen-bond acceptors (Lipinski definition) is 4. The highest BCUT2D eigenvalue weighted by molar-refractivity contribution is 7.11. The van der Waals surface area contributed by atoms with E-state index in [-0.39, 0.29) is 6.04 Å². The number of methoxy groups -OCH3 is 1. The van der Waals surface area contributed by atoms with E-state index in [1.807, 2.05) is 18.3 Å². The van der Waals surface area contributed by atoms with Crippen molar-refractivity contribution >= 4 is 11.3 Å². The van der Waals surface area contributed by atoms with Crippen LogP contribution in [-0.2, 0) is 6.42 Å². The number of nitrogens with zero attached hydrogens (tertiary/aromatic N) is 1. The Labute approximate surface area is 125 Å². The van der Waals surface area contributed by atoms with Crippen molar-refractivity contribution in [2.75, 3.05) is 7.11 Å². The molecule has 2 rings (SSSR count). The third-order valence-electron chi connectivity index (χ3n) is 3.26. The van der Waals surface area contributed by atoms with Gasteiger partial charge in [0.25, 0.3) is 0 Å². The normalized spacial score (nSPS) is 14.0. The van der Waals surface area contributed by atoms with E-state index in [0.29, 0.717) is 6.04 Å². The predicted molar refractivity (Wildman–Crippen MR) is 84.6 cm³/mol. The fourth-order valence-electron chi connectivity index (χ4n) is 2.33. The quantitative estimate of drug-likeness (QED) is 0.880. The Morgan fingerprint density at radius 3 is 2.70 bits per heavy atom. The molecule has 0 spiro atoms. The van der Waals surface area contributed by atoms with E-state index in [4.69, 9.17) is 4.74 Å². The maximum atomic E-state index is 5.40. The summed E-state index contributed by atoms with van der Waals surface area (Å²) < 4.78 is 5.40. The molecule has 0 saturated carbocycles. The van der Waals surface area contributed by atoms with Crippen LogP contribution in [0.25, 0.3) is 0 Å². The highest BCUT2D eigenvalue weighted by Gasteiger charge is 2.14. The van der Waals surface area contributed by atoms with Crippen molar-refractivity contribution < 1.29 is 4.74 Å². The minimum Gasteiger partial charge on any atom is -0.496 e. The second kappa shape index (κ2) is 6.86. The lowest BCUT2D eigenvalue weighted by molar-refractivity contribution is 0.403. The van der Waals surface area contributed by atoms with Crippen LogP contribution in [0.4, 0.5) is 0 Å². The van der Waals surface area contributed by atoms with Crippen LogP contribution in [-0.4, -0.2) is 18.1 Å². The first kappa shape index (κ1) is 15.0. The lowest BCUT2D eigenvalue weighted by Crippen LogP contribution is -2.30. The Morgan fingerprint density at radius 1 is 1.30 bits per heavy atom. The summed E-state index contributed by atoms with van der Waals surface area (Å²) in [6.07, 6.45) is 2.88. The molecule has 1 aromatic carbocycles. The Hall–Kier alpha value is -1.39. The van der Waals surface area contributed by atoms with Crippen molar-refractivity contribution in [1.82, 2.24) is 10.3 Å². The number of rotatable bonds is 6. The number of thiazole rings is 1. The minimum atomic E-state index is 0.276. The molecule has 0 aliphatic carbocycles. The summed E-state index contributed by atoms with van der Waals surface area (Å²) in [4.78, 5) is 5.70. The zero-order valence-electron chi connectivity index (χ0n) is 12.5. The van der Waals surface area contributed by atoms with E-state index in [2.05, 4.69) is 43.2 Å². The van der Waals surface area contributed by atoms with Crippen molar-refractivity contribution in [1.29, 1.82) is 0 Å². The van der Waals surface area contributed by atoms with Crippen molar-refractivity contribution in [3.05, 3.63) is 45.9 Å². The fraction of sp³-hybridized carbons (Fsp3) is 0.438. The van der Waals surface area contributed by atoms with Gasteiger partial charge in [-0.2, -0.15) is 0 Å². The van der Waals surface area contributed by atoms with Gasteiger partial charge in [0.1, 0.15) is 10.8 Å². The van der Waals surface area contributed by atoms with Crippen LogP contribution in [0, 0.1) is 6.92 Å². The Kier molecular flexibility index (Phi) is 5.15. The first-order valence-electron chi connectivity index (χ1n) is 6.90. The number of para-hydroxylation sites is 1. The summed E-state index contributed by atoms with van der Waals surface area (Å²) in [5, 5.41) is 4.75. The maximum absolute atomic E-state index is 5.40. The molecule has 0 bridgehead atoms. The van der Waals surface area contributed by atoms with E-state index in [0.717, 1.165) is 17.2 Å². The smallest absolute Gasteiger partial charge is 0.122 e. The molecule has 0 unspecified atom stereocenters. The van der Waals surface area contributed by atoms with Crippen LogP contribution in [0.2, 0.25) is 0 Å². The SMILES string of the molecule is COc1ccccc1C[C@H](C)N[C@@H](C)c1ncc(C)s1. The van der Waals surface area contributed by atoms with Gasteiger partial charge in [-0.1, -0.05) is 18.2 Å². The fourth-order valence-corrected chi connectivity index (χ4v) is 3.12. The third-order valence-corrected chi connectivity index (χ3v) is 4.36. The molecule has 3 nitrogen and oxygen atoms in total. The number of aryl methyl sites for hydroxylation is 1. The van der Waals surface area contributed by atoms with Crippen LogP contribution in [0.5, 0.6) is 5.75 Å². The molecule has 1 aromatic heterocycles. The summed E-state index contributed by atoms with van der Waals surface area (Å²) >= 11 is 1.75. The average molecular weight is 290 g/mol. The molecule has 20 heavy (non-hydrogen) atoms. The molecular formula is C16H22N2OS. The number of ether oxygens (including phenoxy) is 1. The van der Waals surface area contributed by atoms with Crippen molar-refractivity contribution in [3.63, 3.8) is 0 Å². The molecule has 2 atom stereocenters. The Balaban J connectivity index is 1.96. The van der Waals surface area contributed by atoms with E-state index in [1.165, 1.54) is 10.4 Å². The van der Waals surface area contributed by atoms with E-state index in [1.54, 1.807) is 18.4 Å². The number of nitrogens with one attached hydrogen (secondary N) is 1. The van der Waals surface area contributed by atoms with Gasteiger partial charge in [0.05, 0.1) is 13.2 Å². The predicted octanol–water partition coefficient (Wildman–Crippen LogP) is 3.74. The number of hydrogen-bond donors (Lipinski definition) is 1. The molecule has 1 heterocycles. The molecular weight excluding hydrogens is 268 g/mol. The summed E-state index contributed by atoms with van der Waals surface area (Å²) in [5.74, 6) is 0.957. The zero-order valence-corrected chi connectivity index (χ0v) is 13.3. The van der Waals surface area contributed by atoms with Crippen LogP contribution in [0.1, 0.15) is 35.3 Å². The largest absolute Gasteiger partial charge is 0.496 e. The average Bonchev–Trinajstić information content (AvgIpc) is 2.86. The number of aromatic nitrogens is 1. The van der Waals surface area contributed by atoms with Gasteiger partial charge < -0.3 is 10.1 Å². The standard InChI is InChI=1S/C16H22N2OS/c1-11(9-14-7-5-6-8-15(14)19-4)18-13(3)16-17-10-12(2)20-16/h5-8,10-11,13,18H,9H2,1-4H3/t11-,13-/m0/s1. The molecule has 4 heteroatoms. The van der Waals surface area contributed by atoms with Crippen LogP contribution >= 0.6 is 11.3 Å². The summed E-state index contributed by atoms with van der Waals surface area (Å²) in [7, 11) is 1.72. The van der Waals surface area contributed by atoms with E-state index >= 15 is 0 Å². The first-order valence-corrected chi connectivity index (χ1v) is 7.72. The lowest BCUT2D eigenvalue weighted by atomic mass is 10.1. The summed E-state index contributed by atoms with van der Waals surface area (Å²) in [6, 6.07) is 8.83. The highest BCUT2D eigenvalue weighted by atomic mass is 32.1.